The van der Waals surface area contributed by atoms with E-state index in [-0.39, 0.29) is 5.82 Å². The normalized spacial score (nSPS) is 10.9. The van der Waals surface area contributed by atoms with Crippen LogP contribution in [0.1, 0.15) is 11.5 Å². The van der Waals surface area contributed by atoms with E-state index in [0.29, 0.717) is 11.6 Å². The average molecular weight is 305 g/mol. The molecule has 0 N–H and O–H groups in total. The quantitative estimate of drug-likeness (QED) is 0.624. The number of hydrogen-bond donors (Lipinski definition) is 0. The zero-order valence-electron chi connectivity index (χ0n) is 10.8. The Labute approximate surface area is 124 Å². The zero-order valence-corrected chi connectivity index (χ0v) is 12.4. The molecule has 0 aliphatic rings. The standard InChI is InChI=1S/C15H12FNOS2/c1-10-13(9-20-12-6-4-11(16)5-7-12)17-15(18-10)14-3-2-8-19-14/h2-8H,9H2,1H3. The third kappa shape index (κ3) is 2.94. The Balaban J connectivity index is 1.73. The molecule has 102 valence electrons. The highest BCUT2D eigenvalue weighted by molar-refractivity contribution is 7.98. The van der Waals surface area contributed by atoms with Crippen molar-refractivity contribution >= 4 is 23.1 Å². The van der Waals surface area contributed by atoms with Crippen LogP contribution in [0.25, 0.3) is 10.8 Å². The van der Waals surface area contributed by atoms with Crippen LogP contribution in [0, 0.1) is 12.7 Å². The van der Waals surface area contributed by atoms with E-state index in [1.807, 2.05) is 24.4 Å². The first-order valence-corrected chi connectivity index (χ1v) is 7.97. The maximum atomic E-state index is 12.8. The minimum Gasteiger partial charge on any atom is -0.440 e. The number of thioether (sulfide) groups is 1. The van der Waals surface area contributed by atoms with Gasteiger partial charge in [-0.05, 0) is 42.6 Å². The van der Waals surface area contributed by atoms with Crippen LogP contribution < -0.4 is 0 Å². The van der Waals surface area contributed by atoms with Gasteiger partial charge in [-0.1, -0.05) is 6.07 Å². The molecule has 0 aliphatic carbocycles. The summed E-state index contributed by atoms with van der Waals surface area (Å²) in [5, 5.41) is 2.00. The van der Waals surface area contributed by atoms with Crippen molar-refractivity contribution in [3.63, 3.8) is 0 Å². The van der Waals surface area contributed by atoms with Gasteiger partial charge in [-0.15, -0.1) is 23.1 Å². The number of rotatable bonds is 4. The highest BCUT2D eigenvalue weighted by Crippen LogP contribution is 2.29. The number of nitrogens with zero attached hydrogens (tertiary/aromatic N) is 1. The van der Waals surface area contributed by atoms with E-state index in [9.17, 15) is 4.39 Å². The van der Waals surface area contributed by atoms with Crippen LogP contribution in [0.2, 0.25) is 0 Å². The van der Waals surface area contributed by atoms with Crippen LogP contribution in [0.4, 0.5) is 4.39 Å². The second kappa shape index (κ2) is 5.81. The van der Waals surface area contributed by atoms with Gasteiger partial charge in [-0.2, -0.15) is 0 Å². The molecule has 0 bridgehead atoms. The lowest BCUT2D eigenvalue weighted by Gasteiger charge is -1.99. The van der Waals surface area contributed by atoms with E-state index < -0.39 is 0 Å². The molecule has 0 aliphatic heterocycles. The Morgan fingerprint density at radius 2 is 2.05 bits per heavy atom. The number of hydrogen-bond acceptors (Lipinski definition) is 4. The molecule has 0 fully saturated rings. The lowest BCUT2D eigenvalue weighted by Crippen LogP contribution is -1.84. The molecular formula is C15H12FNOS2. The largest absolute Gasteiger partial charge is 0.440 e. The molecule has 0 unspecified atom stereocenters. The molecule has 0 amide bonds. The van der Waals surface area contributed by atoms with E-state index in [0.717, 1.165) is 21.2 Å². The first kappa shape index (κ1) is 13.4. The monoisotopic (exact) mass is 305 g/mol. The molecule has 0 spiro atoms. The van der Waals surface area contributed by atoms with E-state index in [4.69, 9.17) is 4.42 Å². The molecule has 2 nitrogen and oxygen atoms in total. The summed E-state index contributed by atoms with van der Waals surface area (Å²) in [6.07, 6.45) is 0. The van der Waals surface area contributed by atoms with Gasteiger partial charge >= 0.3 is 0 Å². The van der Waals surface area contributed by atoms with Gasteiger partial charge in [0, 0.05) is 10.6 Å². The summed E-state index contributed by atoms with van der Waals surface area (Å²) >= 11 is 3.23. The van der Waals surface area contributed by atoms with Crippen LogP contribution in [0.5, 0.6) is 0 Å². The van der Waals surface area contributed by atoms with Crippen LogP contribution in [-0.4, -0.2) is 4.98 Å². The van der Waals surface area contributed by atoms with Crippen molar-refractivity contribution in [3.05, 3.63) is 59.0 Å². The van der Waals surface area contributed by atoms with E-state index in [1.165, 1.54) is 12.1 Å². The molecule has 0 radical (unpaired) electrons. The number of aryl methyl sites for hydroxylation is 1. The average Bonchev–Trinajstić information content (AvgIpc) is 3.08. The fraction of sp³-hybridized carbons (Fsp3) is 0.133. The van der Waals surface area contributed by atoms with Gasteiger partial charge in [0.05, 0.1) is 10.6 Å². The van der Waals surface area contributed by atoms with Crippen molar-refractivity contribution in [1.82, 2.24) is 4.98 Å². The Kier molecular flexibility index (Phi) is 3.89. The second-order valence-electron chi connectivity index (χ2n) is 4.24. The van der Waals surface area contributed by atoms with Crippen LogP contribution in [0.3, 0.4) is 0 Å². The summed E-state index contributed by atoms with van der Waals surface area (Å²) in [6, 6.07) is 10.5. The molecule has 2 aromatic heterocycles. The number of aromatic nitrogens is 1. The van der Waals surface area contributed by atoms with Crippen LogP contribution >= 0.6 is 23.1 Å². The lowest BCUT2D eigenvalue weighted by atomic mass is 10.3. The zero-order chi connectivity index (χ0) is 13.9. The Morgan fingerprint density at radius 1 is 1.25 bits per heavy atom. The van der Waals surface area contributed by atoms with Gasteiger partial charge in [0.2, 0.25) is 5.89 Å². The van der Waals surface area contributed by atoms with Gasteiger partial charge in [0.1, 0.15) is 11.6 Å². The summed E-state index contributed by atoms with van der Waals surface area (Å²) in [4.78, 5) is 6.59. The molecule has 3 rings (SSSR count). The summed E-state index contributed by atoms with van der Waals surface area (Å²) in [7, 11) is 0. The number of oxazole rings is 1. The maximum Gasteiger partial charge on any atom is 0.236 e. The molecule has 1 aromatic carbocycles. The third-order valence-corrected chi connectivity index (χ3v) is 4.69. The minimum atomic E-state index is -0.216. The Bertz CT molecular complexity index is 689. The molecular weight excluding hydrogens is 293 g/mol. The second-order valence-corrected chi connectivity index (χ2v) is 6.24. The van der Waals surface area contributed by atoms with Crippen molar-refractivity contribution in [2.45, 2.75) is 17.6 Å². The third-order valence-electron chi connectivity index (χ3n) is 2.81. The van der Waals surface area contributed by atoms with Gasteiger partial charge in [0.25, 0.3) is 0 Å². The molecule has 2 heterocycles. The smallest absolute Gasteiger partial charge is 0.236 e. The van der Waals surface area contributed by atoms with E-state index in [2.05, 4.69) is 4.98 Å². The first-order chi connectivity index (χ1) is 9.72. The minimum absolute atomic E-state index is 0.216. The van der Waals surface area contributed by atoms with Crippen molar-refractivity contribution in [1.29, 1.82) is 0 Å². The highest BCUT2D eigenvalue weighted by Gasteiger charge is 2.12. The fourth-order valence-electron chi connectivity index (χ4n) is 1.75. The summed E-state index contributed by atoms with van der Waals surface area (Å²) in [5.74, 6) is 2.01. The van der Waals surface area contributed by atoms with Gasteiger partial charge in [-0.25, -0.2) is 9.37 Å². The molecule has 20 heavy (non-hydrogen) atoms. The number of halogens is 1. The SMILES string of the molecule is Cc1oc(-c2cccs2)nc1CSc1ccc(F)cc1. The maximum absolute atomic E-state index is 12.8. The predicted molar refractivity (Wildman–Crippen MR) is 80.5 cm³/mol. The lowest BCUT2D eigenvalue weighted by molar-refractivity contribution is 0.542. The Hall–Kier alpha value is -1.59. The van der Waals surface area contributed by atoms with Crippen LogP contribution in [-0.2, 0) is 5.75 Å². The molecule has 5 heteroatoms. The van der Waals surface area contributed by atoms with E-state index in [1.54, 1.807) is 35.2 Å². The van der Waals surface area contributed by atoms with Gasteiger partial charge in [-0.3, -0.25) is 0 Å². The highest BCUT2D eigenvalue weighted by atomic mass is 32.2. The number of thiophene rings is 1. The molecule has 0 saturated carbocycles. The molecule has 3 aromatic rings. The number of benzene rings is 1. The van der Waals surface area contributed by atoms with Crippen molar-refractivity contribution in [2.24, 2.45) is 0 Å². The van der Waals surface area contributed by atoms with Crippen molar-refractivity contribution < 1.29 is 8.81 Å². The van der Waals surface area contributed by atoms with Crippen LogP contribution in [0.15, 0.2) is 51.1 Å². The fourth-order valence-corrected chi connectivity index (χ4v) is 3.30. The summed E-state index contributed by atoms with van der Waals surface area (Å²) in [5.41, 5.74) is 0.933. The molecule has 0 atom stereocenters. The molecule has 0 saturated heterocycles. The van der Waals surface area contributed by atoms with E-state index >= 15 is 0 Å². The first-order valence-electron chi connectivity index (χ1n) is 6.11. The summed E-state index contributed by atoms with van der Waals surface area (Å²) in [6.45, 7) is 1.92. The van der Waals surface area contributed by atoms with Crippen molar-refractivity contribution in [3.8, 4) is 10.8 Å². The van der Waals surface area contributed by atoms with Crippen molar-refractivity contribution in [2.75, 3.05) is 0 Å². The summed E-state index contributed by atoms with van der Waals surface area (Å²) < 4.78 is 18.5. The Morgan fingerprint density at radius 3 is 2.75 bits per heavy atom. The van der Waals surface area contributed by atoms with Gasteiger partial charge < -0.3 is 4.42 Å². The van der Waals surface area contributed by atoms with Gasteiger partial charge in [0.15, 0.2) is 0 Å². The predicted octanol–water partition coefficient (Wildman–Crippen LogP) is 5.14. The topological polar surface area (TPSA) is 26.0 Å².